The van der Waals surface area contributed by atoms with Gasteiger partial charge in [0.05, 0.1) is 47.9 Å². The molecular weight excluding hydrogens is 480 g/mol. The van der Waals surface area contributed by atoms with Crippen LogP contribution in [0.3, 0.4) is 0 Å². The van der Waals surface area contributed by atoms with Crippen LogP contribution in [0.1, 0.15) is 34.6 Å². The lowest BCUT2D eigenvalue weighted by Crippen LogP contribution is -2.06. The van der Waals surface area contributed by atoms with Gasteiger partial charge in [-0.25, -0.2) is 4.79 Å². The van der Waals surface area contributed by atoms with Crippen molar-refractivity contribution in [1.82, 2.24) is 10.1 Å². The van der Waals surface area contributed by atoms with E-state index in [-0.39, 0.29) is 18.9 Å². The van der Waals surface area contributed by atoms with Gasteiger partial charge in [0.2, 0.25) is 11.1 Å². The Balaban J connectivity index is 0.000000269. The van der Waals surface area contributed by atoms with Crippen LogP contribution in [0, 0.1) is 0 Å². The Bertz CT molecular complexity index is 1130. The van der Waals surface area contributed by atoms with Crippen LogP contribution in [0.2, 0.25) is 0 Å². The SMILES string of the molecule is CCOC(=O)c1noc(Cc2cc(OC)ccc2OC)n1.COc1ccc(OC)c(CC(=O)Cl)c1. The number of esters is 1. The largest absolute Gasteiger partial charge is 0.497 e. The maximum absolute atomic E-state index is 11.5. The van der Waals surface area contributed by atoms with Crippen LogP contribution in [-0.2, 0) is 22.4 Å². The smallest absolute Gasteiger partial charge is 0.379 e. The number of benzene rings is 2. The Hall–Kier alpha value is -3.79. The number of hydrogen-bond acceptors (Lipinski definition) is 10. The highest BCUT2D eigenvalue weighted by Crippen LogP contribution is 2.26. The molecule has 35 heavy (non-hydrogen) atoms. The molecule has 10 nitrogen and oxygen atoms in total. The second-order valence-corrected chi connectivity index (χ2v) is 7.22. The predicted molar refractivity (Wildman–Crippen MR) is 127 cm³/mol. The monoisotopic (exact) mass is 506 g/mol. The number of hydrogen-bond donors (Lipinski definition) is 0. The Morgan fingerprint density at radius 3 is 1.97 bits per heavy atom. The molecular formula is C24H27ClN2O8. The first-order chi connectivity index (χ1) is 16.8. The van der Waals surface area contributed by atoms with Crippen molar-refractivity contribution in [2.24, 2.45) is 0 Å². The summed E-state index contributed by atoms with van der Waals surface area (Å²) in [6.45, 7) is 1.96. The number of carbonyl (C=O) groups is 2. The van der Waals surface area contributed by atoms with Gasteiger partial charge in [0.25, 0.3) is 5.82 Å². The highest BCUT2D eigenvalue weighted by Gasteiger charge is 2.17. The molecule has 0 spiro atoms. The van der Waals surface area contributed by atoms with Crippen LogP contribution in [0.4, 0.5) is 0 Å². The van der Waals surface area contributed by atoms with Crippen molar-refractivity contribution in [1.29, 1.82) is 0 Å². The van der Waals surface area contributed by atoms with E-state index in [1.807, 2.05) is 6.07 Å². The zero-order valence-corrected chi connectivity index (χ0v) is 20.9. The summed E-state index contributed by atoms with van der Waals surface area (Å²) in [5.41, 5.74) is 1.54. The van der Waals surface area contributed by atoms with E-state index in [2.05, 4.69) is 10.1 Å². The van der Waals surface area contributed by atoms with E-state index >= 15 is 0 Å². The molecule has 0 fully saturated rings. The predicted octanol–water partition coefficient (Wildman–Crippen LogP) is 3.87. The van der Waals surface area contributed by atoms with Crippen LogP contribution in [0.5, 0.6) is 23.0 Å². The van der Waals surface area contributed by atoms with Gasteiger partial charge < -0.3 is 28.2 Å². The van der Waals surface area contributed by atoms with E-state index in [1.165, 1.54) is 0 Å². The van der Waals surface area contributed by atoms with Crippen molar-refractivity contribution in [3.8, 4) is 23.0 Å². The molecule has 0 bridgehead atoms. The molecule has 3 aromatic rings. The average Bonchev–Trinajstić information content (AvgIpc) is 3.32. The molecule has 11 heteroatoms. The standard InChI is InChI=1S/C14H16N2O5.C10H11ClO3/c1-4-20-14(17)13-15-12(21-16-13)8-9-7-10(18-2)5-6-11(9)19-3;1-13-8-3-4-9(14-2)7(5-8)6-10(11)12/h5-7H,4,8H2,1-3H3;3-5H,6H2,1-2H3. The van der Waals surface area contributed by atoms with Crippen LogP contribution in [0.15, 0.2) is 40.9 Å². The summed E-state index contributed by atoms with van der Waals surface area (Å²) in [5, 5.41) is 3.18. The van der Waals surface area contributed by atoms with E-state index < -0.39 is 11.2 Å². The summed E-state index contributed by atoms with van der Waals surface area (Å²) in [4.78, 5) is 26.2. The van der Waals surface area contributed by atoms with Gasteiger partial charge in [0.15, 0.2) is 0 Å². The summed E-state index contributed by atoms with van der Waals surface area (Å²) in [5.74, 6) is 2.28. The Labute approximate surface area is 208 Å². The Kier molecular flexibility index (Phi) is 10.8. The molecule has 0 aliphatic rings. The lowest BCUT2D eigenvalue weighted by atomic mass is 10.1. The first-order valence-corrected chi connectivity index (χ1v) is 10.8. The Morgan fingerprint density at radius 2 is 1.46 bits per heavy atom. The van der Waals surface area contributed by atoms with Crippen molar-refractivity contribution in [3.63, 3.8) is 0 Å². The summed E-state index contributed by atoms with van der Waals surface area (Å²) in [6, 6.07) is 10.6. The molecule has 0 amide bonds. The van der Waals surface area contributed by atoms with Gasteiger partial charge >= 0.3 is 5.97 Å². The summed E-state index contributed by atoms with van der Waals surface area (Å²) >= 11 is 5.30. The average molecular weight is 507 g/mol. The fraction of sp³-hybridized carbons (Fsp3) is 0.333. The number of nitrogens with zero attached hydrogens (tertiary/aromatic N) is 2. The topological polar surface area (TPSA) is 119 Å². The van der Waals surface area contributed by atoms with Gasteiger partial charge in [-0.15, -0.1) is 0 Å². The van der Waals surface area contributed by atoms with Gasteiger partial charge in [-0.3, -0.25) is 4.79 Å². The van der Waals surface area contributed by atoms with Crippen molar-refractivity contribution in [2.75, 3.05) is 35.0 Å². The van der Waals surface area contributed by atoms with Crippen LogP contribution >= 0.6 is 11.6 Å². The lowest BCUT2D eigenvalue weighted by Gasteiger charge is -2.08. The number of carbonyl (C=O) groups excluding carboxylic acids is 2. The maximum atomic E-state index is 11.5. The third-order valence-electron chi connectivity index (χ3n) is 4.57. The second-order valence-electron chi connectivity index (χ2n) is 6.80. The van der Waals surface area contributed by atoms with Crippen LogP contribution in [0.25, 0.3) is 0 Å². The maximum Gasteiger partial charge on any atom is 0.379 e. The van der Waals surface area contributed by atoms with Gasteiger partial charge in [-0.05, 0) is 60.1 Å². The lowest BCUT2D eigenvalue weighted by molar-refractivity contribution is -0.111. The third kappa shape index (κ3) is 8.18. The minimum Gasteiger partial charge on any atom is -0.497 e. The highest BCUT2D eigenvalue weighted by atomic mass is 35.5. The van der Waals surface area contributed by atoms with Gasteiger partial charge in [-0.1, -0.05) is 0 Å². The number of methoxy groups -OCH3 is 4. The highest BCUT2D eigenvalue weighted by molar-refractivity contribution is 6.63. The molecule has 2 aromatic carbocycles. The van der Waals surface area contributed by atoms with E-state index in [0.717, 1.165) is 11.1 Å². The van der Waals surface area contributed by atoms with E-state index in [1.54, 1.807) is 65.7 Å². The zero-order valence-electron chi connectivity index (χ0n) is 20.1. The van der Waals surface area contributed by atoms with Gasteiger partial charge in [0, 0.05) is 11.1 Å². The number of rotatable bonds is 10. The Morgan fingerprint density at radius 1 is 0.886 bits per heavy atom. The van der Waals surface area contributed by atoms with Gasteiger partial charge in [-0.2, -0.15) is 4.98 Å². The number of halogens is 1. The van der Waals surface area contributed by atoms with Crippen LogP contribution in [-0.4, -0.2) is 56.4 Å². The summed E-state index contributed by atoms with van der Waals surface area (Å²) in [6.07, 6.45) is 0.467. The van der Waals surface area contributed by atoms with E-state index in [9.17, 15) is 9.59 Å². The molecule has 0 radical (unpaired) electrons. The minimum absolute atomic E-state index is 0.0892. The fourth-order valence-corrected chi connectivity index (χ4v) is 3.10. The molecule has 1 heterocycles. The van der Waals surface area contributed by atoms with E-state index in [4.69, 9.17) is 39.8 Å². The van der Waals surface area contributed by atoms with E-state index in [0.29, 0.717) is 35.3 Å². The minimum atomic E-state index is -0.606. The fourth-order valence-electron chi connectivity index (χ4n) is 2.96. The van der Waals surface area contributed by atoms with Crippen molar-refractivity contribution < 1.29 is 37.8 Å². The molecule has 0 saturated heterocycles. The van der Waals surface area contributed by atoms with Crippen molar-refractivity contribution >= 4 is 22.8 Å². The zero-order chi connectivity index (χ0) is 25.8. The quantitative estimate of drug-likeness (QED) is 0.296. The molecule has 0 aliphatic heterocycles. The summed E-state index contributed by atoms with van der Waals surface area (Å²) in [7, 11) is 6.26. The first kappa shape index (κ1) is 27.5. The summed E-state index contributed by atoms with van der Waals surface area (Å²) < 4.78 is 30.4. The van der Waals surface area contributed by atoms with Crippen LogP contribution < -0.4 is 18.9 Å². The van der Waals surface area contributed by atoms with Crippen molar-refractivity contribution in [3.05, 3.63) is 59.2 Å². The molecule has 0 unspecified atom stereocenters. The molecule has 3 rings (SSSR count). The van der Waals surface area contributed by atoms with Gasteiger partial charge in [0.1, 0.15) is 23.0 Å². The number of aromatic nitrogens is 2. The molecule has 0 aliphatic carbocycles. The molecule has 0 atom stereocenters. The first-order valence-electron chi connectivity index (χ1n) is 10.4. The molecule has 0 saturated carbocycles. The number of ether oxygens (including phenoxy) is 5. The second kappa shape index (κ2) is 13.8. The molecule has 188 valence electrons. The molecule has 1 aromatic heterocycles. The third-order valence-corrected chi connectivity index (χ3v) is 4.71. The normalized spacial score (nSPS) is 10.0. The van der Waals surface area contributed by atoms with Crippen molar-refractivity contribution in [2.45, 2.75) is 19.8 Å². The molecule has 0 N–H and O–H groups in total.